The number of carbonyl (C=O) groups excluding carboxylic acids is 1. The Bertz CT molecular complexity index is 87.4. The Labute approximate surface area is 51.8 Å². The molecule has 0 fully saturated rings. The zero-order valence-corrected chi connectivity index (χ0v) is 5.06. The number of alkyl halides is 2. The summed E-state index contributed by atoms with van der Waals surface area (Å²) in [5, 5.41) is 0. The molecule has 0 amide bonds. The Morgan fingerprint density at radius 2 is 2.22 bits per heavy atom. The van der Waals surface area contributed by atoms with Crippen molar-refractivity contribution in [2.24, 2.45) is 0 Å². The molecule has 0 aliphatic heterocycles. The Morgan fingerprint density at radius 3 is 2.56 bits per heavy atom. The summed E-state index contributed by atoms with van der Waals surface area (Å²) in [5.74, 6) is -2.73. The lowest BCUT2D eigenvalue weighted by Gasteiger charge is -2.07. The summed E-state index contributed by atoms with van der Waals surface area (Å²) in [6, 6.07) is 0. The standard InChI is InChI=1S/C5H8F2O2/c1-5(6,7)2-3-9-4-8/h4H,2-3H2,1H3. The van der Waals surface area contributed by atoms with Crippen molar-refractivity contribution in [3.63, 3.8) is 0 Å². The molecule has 0 saturated heterocycles. The van der Waals surface area contributed by atoms with Gasteiger partial charge in [0, 0.05) is 6.42 Å². The van der Waals surface area contributed by atoms with Crippen LogP contribution >= 0.6 is 0 Å². The highest BCUT2D eigenvalue weighted by molar-refractivity contribution is 5.36. The van der Waals surface area contributed by atoms with Gasteiger partial charge >= 0.3 is 0 Å². The Kier molecular flexibility index (Phi) is 3.12. The topological polar surface area (TPSA) is 26.3 Å². The number of halogens is 2. The van der Waals surface area contributed by atoms with Crippen LogP contribution in [-0.2, 0) is 9.53 Å². The lowest BCUT2D eigenvalue weighted by Crippen LogP contribution is -2.12. The fourth-order valence-electron chi connectivity index (χ4n) is 0.286. The highest BCUT2D eigenvalue weighted by Gasteiger charge is 2.20. The predicted molar refractivity (Wildman–Crippen MR) is 27.3 cm³/mol. The van der Waals surface area contributed by atoms with E-state index in [1.165, 1.54) is 0 Å². The monoisotopic (exact) mass is 138 g/mol. The van der Waals surface area contributed by atoms with Crippen molar-refractivity contribution in [3.05, 3.63) is 0 Å². The summed E-state index contributed by atoms with van der Waals surface area (Å²) < 4.78 is 27.7. The number of ether oxygens (including phenoxy) is 1. The normalized spacial score (nSPS) is 11.0. The number of hydrogen-bond acceptors (Lipinski definition) is 2. The van der Waals surface area contributed by atoms with E-state index in [9.17, 15) is 13.6 Å². The second kappa shape index (κ2) is 3.37. The SMILES string of the molecule is CC(F)(F)CCOC=O. The molecule has 0 spiro atoms. The first-order valence-electron chi connectivity index (χ1n) is 2.49. The number of rotatable bonds is 4. The van der Waals surface area contributed by atoms with Gasteiger partial charge in [-0.1, -0.05) is 0 Å². The van der Waals surface area contributed by atoms with Gasteiger partial charge in [-0.05, 0) is 6.92 Å². The Morgan fingerprint density at radius 1 is 1.67 bits per heavy atom. The first kappa shape index (κ1) is 8.33. The molecule has 0 saturated carbocycles. The molecule has 0 radical (unpaired) electrons. The van der Waals surface area contributed by atoms with Gasteiger partial charge < -0.3 is 4.74 Å². The van der Waals surface area contributed by atoms with Gasteiger partial charge in [0.2, 0.25) is 5.92 Å². The third-order valence-electron chi connectivity index (χ3n) is 0.727. The van der Waals surface area contributed by atoms with Crippen molar-refractivity contribution in [2.75, 3.05) is 6.61 Å². The maximum absolute atomic E-state index is 11.8. The second-order valence-electron chi connectivity index (χ2n) is 1.79. The molecule has 0 rings (SSSR count). The molecule has 0 unspecified atom stereocenters. The minimum atomic E-state index is -2.73. The van der Waals surface area contributed by atoms with Crippen LogP contribution in [0.15, 0.2) is 0 Å². The molecule has 0 aliphatic carbocycles. The number of carbonyl (C=O) groups is 1. The van der Waals surface area contributed by atoms with Crippen LogP contribution in [-0.4, -0.2) is 19.0 Å². The van der Waals surface area contributed by atoms with Crippen molar-refractivity contribution in [2.45, 2.75) is 19.3 Å². The van der Waals surface area contributed by atoms with Crippen LogP contribution in [0.2, 0.25) is 0 Å². The maximum atomic E-state index is 11.8. The zero-order valence-electron chi connectivity index (χ0n) is 5.06. The summed E-state index contributed by atoms with van der Waals surface area (Å²) in [7, 11) is 0. The van der Waals surface area contributed by atoms with Crippen molar-refractivity contribution < 1.29 is 18.3 Å². The van der Waals surface area contributed by atoms with E-state index in [2.05, 4.69) is 4.74 Å². The molecular formula is C5H8F2O2. The van der Waals surface area contributed by atoms with Crippen molar-refractivity contribution in [3.8, 4) is 0 Å². The van der Waals surface area contributed by atoms with Crippen LogP contribution in [0.4, 0.5) is 8.78 Å². The van der Waals surface area contributed by atoms with E-state index < -0.39 is 12.3 Å². The predicted octanol–water partition coefficient (Wildman–Crippen LogP) is 1.20. The quantitative estimate of drug-likeness (QED) is 0.431. The van der Waals surface area contributed by atoms with E-state index in [1.807, 2.05) is 0 Å². The van der Waals surface area contributed by atoms with Crippen LogP contribution < -0.4 is 0 Å². The first-order chi connectivity index (χ1) is 4.06. The minimum absolute atomic E-state index is 0.158. The molecule has 0 aromatic rings. The van der Waals surface area contributed by atoms with Gasteiger partial charge in [-0.2, -0.15) is 0 Å². The largest absolute Gasteiger partial charge is 0.468 e. The lowest BCUT2D eigenvalue weighted by atomic mass is 10.3. The number of hydrogen-bond donors (Lipinski definition) is 0. The van der Waals surface area contributed by atoms with Crippen LogP contribution in [0.25, 0.3) is 0 Å². The van der Waals surface area contributed by atoms with Crippen LogP contribution in [0.5, 0.6) is 0 Å². The smallest absolute Gasteiger partial charge is 0.293 e. The van der Waals surface area contributed by atoms with Crippen molar-refractivity contribution in [1.82, 2.24) is 0 Å². The van der Waals surface area contributed by atoms with Gasteiger partial charge in [0.1, 0.15) is 0 Å². The molecule has 2 nitrogen and oxygen atoms in total. The van der Waals surface area contributed by atoms with Gasteiger partial charge in [-0.15, -0.1) is 0 Å². The summed E-state index contributed by atoms with van der Waals surface area (Å²) >= 11 is 0. The summed E-state index contributed by atoms with van der Waals surface area (Å²) in [6.07, 6.45) is -0.411. The lowest BCUT2D eigenvalue weighted by molar-refractivity contribution is -0.130. The molecule has 0 bridgehead atoms. The van der Waals surface area contributed by atoms with Crippen LogP contribution in [0.1, 0.15) is 13.3 Å². The second-order valence-corrected chi connectivity index (χ2v) is 1.79. The molecule has 0 aliphatic rings. The Hall–Kier alpha value is -0.670. The van der Waals surface area contributed by atoms with E-state index >= 15 is 0 Å². The molecule has 0 heterocycles. The van der Waals surface area contributed by atoms with E-state index in [-0.39, 0.29) is 13.1 Å². The van der Waals surface area contributed by atoms with Gasteiger partial charge in [0.25, 0.3) is 6.47 Å². The summed E-state index contributed by atoms with van der Waals surface area (Å²) in [5.41, 5.74) is 0. The maximum Gasteiger partial charge on any atom is 0.293 e. The molecule has 0 aromatic carbocycles. The van der Waals surface area contributed by atoms with Gasteiger partial charge in [0.15, 0.2) is 0 Å². The van der Waals surface area contributed by atoms with E-state index in [0.29, 0.717) is 0 Å². The molecule has 4 heteroatoms. The van der Waals surface area contributed by atoms with Gasteiger partial charge in [-0.25, -0.2) is 8.78 Å². The van der Waals surface area contributed by atoms with Crippen LogP contribution in [0, 0.1) is 0 Å². The molecule has 9 heavy (non-hydrogen) atoms. The van der Waals surface area contributed by atoms with Crippen LogP contribution in [0.3, 0.4) is 0 Å². The molecule has 0 aromatic heterocycles. The average Bonchev–Trinajstić information content (AvgIpc) is 1.63. The third-order valence-corrected chi connectivity index (χ3v) is 0.727. The highest BCUT2D eigenvalue weighted by Crippen LogP contribution is 2.15. The molecular weight excluding hydrogens is 130 g/mol. The van der Waals surface area contributed by atoms with E-state index in [4.69, 9.17) is 0 Å². The summed E-state index contributed by atoms with van der Waals surface area (Å²) in [6.45, 7) is 0.722. The highest BCUT2D eigenvalue weighted by atomic mass is 19.3. The summed E-state index contributed by atoms with van der Waals surface area (Å²) in [4.78, 5) is 9.42. The van der Waals surface area contributed by atoms with E-state index in [1.54, 1.807) is 0 Å². The fraction of sp³-hybridized carbons (Fsp3) is 0.800. The van der Waals surface area contributed by atoms with Gasteiger partial charge in [0.05, 0.1) is 6.61 Å². The van der Waals surface area contributed by atoms with Gasteiger partial charge in [-0.3, -0.25) is 4.79 Å². The third kappa shape index (κ3) is 7.33. The molecule has 0 N–H and O–H groups in total. The van der Waals surface area contributed by atoms with Crippen molar-refractivity contribution >= 4 is 6.47 Å². The fourth-order valence-corrected chi connectivity index (χ4v) is 0.286. The Balaban J connectivity index is 3.17. The minimum Gasteiger partial charge on any atom is -0.468 e. The van der Waals surface area contributed by atoms with Crippen molar-refractivity contribution in [1.29, 1.82) is 0 Å². The van der Waals surface area contributed by atoms with E-state index in [0.717, 1.165) is 6.92 Å². The zero-order chi connectivity index (χ0) is 7.33. The first-order valence-corrected chi connectivity index (χ1v) is 2.49. The molecule has 54 valence electrons. The average molecular weight is 138 g/mol. The molecule has 0 atom stereocenters.